The van der Waals surface area contributed by atoms with Gasteiger partial charge in [0.15, 0.2) is 0 Å². The minimum atomic E-state index is 1.06. The summed E-state index contributed by atoms with van der Waals surface area (Å²) >= 11 is 1.82. The van der Waals surface area contributed by atoms with Crippen LogP contribution in [0.5, 0.6) is 0 Å². The second kappa shape index (κ2) is 5.31. The van der Waals surface area contributed by atoms with Gasteiger partial charge in [0.1, 0.15) is 4.83 Å². The molecule has 5 heterocycles. The third-order valence-electron chi connectivity index (χ3n) is 5.91. The number of nitrogens with zero attached hydrogens (tertiary/aromatic N) is 3. The van der Waals surface area contributed by atoms with Crippen molar-refractivity contribution in [3.63, 3.8) is 0 Å². The molecule has 0 aliphatic rings. The summed E-state index contributed by atoms with van der Waals surface area (Å²) in [5.41, 5.74) is 5.86. The third-order valence-corrected chi connectivity index (χ3v) is 7.04. The fourth-order valence-electron chi connectivity index (χ4n) is 4.63. The number of rotatable bonds is 1. The number of aromatic nitrogens is 3. The summed E-state index contributed by atoms with van der Waals surface area (Å²) in [6.45, 7) is 2.14. The van der Waals surface area contributed by atoms with Gasteiger partial charge in [-0.2, -0.15) is 0 Å². The van der Waals surface area contributed by atoms with Gasteiger partial charge < -0.3 is 0 Å². The summed E-state index contributed by atoms with van der Waals surface area (Å²) in [5.74, 6) is 0. The lowest BCUT2D eigenvalue weighted by Gasteiger charge is -2.02. The van der Waals surface area contributed by atoms with Gasteiger partial charge in [0.25, 0.3) is 0 Å². The highest BCUT2D eigenvalue weighted by Gasteiger charge is 2.21. The van der Waals surface area contributed by atoms with E-state index in [-0.39, 0.29) is 0 Å². The first-order valence-corrected chi connectivity index (χ1v) is 10.5. The summed E-state index contributed by atoms with van der Waals surface area (Å²) in [4.78, 5) is 11.9. The first-order valence-electron chi connectivity index (χ1n) is 9.68. The molecule has 0 spiro atoms. The molecule has 4 heteroatoms. The number of fused-ring (bicyclic) bond motifs is 7. The molecule has 2 aromatic carbocycles. The molecule has 5 aromatic heterocycles. The Morgan fingerprint density at radius 1 is 0.793 bits per heavy atom. The van der Waals surface area contributed by atoms with E-state index in [1.165, 1.54) is 53.2 Å². The molecule has 0 unspecified atom stereocenters. The van der Waals surface area contributed by atoms with Crippen molar-refractivity contribution in [2.24, 2.45) is 0 Å². The van der Waals surface area contributed by atoms with Crippen molar-refractivity contribution < 1.29 is 0 Å². The van der Waals surface area contributed by atoms with Crippen LogP contribution < -0.4 is 0 Å². The molecule has 3 nitrogen and oxygen atoms in total. The molecule has 0 bridgehead atoms. The zero-order chi connectivity index (χ0) is 19.1. The highest BCUT2D eigenvalue weighted by Crippen LogP contribution is 2.44. The van der Waals surface area contributed by atoms with E-state index in [0.717, 1.165) is 11.2 Å². The second-order valence-electron chi connectivity index (χ2n) is 7.62. The highest BCUT2D eigenvalue weighted by atomic mass is 32.1. The van der Waals surface area contributed by atoms with Gasteiger partial charge in [0, 0.05) is 33.9 Å². The van der Waals surface area contributed by atoms with Crippen molar-refractivity contribution in [3.05, 3.63) is 78.6 Å². The standard InChI is InChI=1S/C25H15N3S/c1-14-6-7-20-19(12-14)23-24-17(9-11-27-23)18-13-21(29-25(18)28(20)24)22-16-5-3-2-4-15(16)8-10-26-22/h2-13H,1H3. The number of hydrogen-bond acceptors (Lipinski definition) is 3. The lowest BCUT2D eigenvalue weighted by molar-refractivity contribution is 1.37. The van der Waals surface area contributed by atoms with Crippen LogP contribution in [-0.4, -0.2) is 14.4 Å². The minimum Gasteiger partial charge on any atom is -0.298 e. The Morgan fingerprint density at radius 2 is 1.69 bits per heavy atom. The van der Waals surface area contributed by atoms with Crippen molar-refractivity contribution in [2.45, 2.75) is 6.92 Å². The molecule has 0 aliphatic carbocycles. The van der Waals surface area contributed by atoms with Crippen molar-refractivity contribution in [1.82, 2.24) is 14.4 Å². The molecule has 0 saturated carbocycles. The van der Waals surface area contributed by atoms with Gasteiger partial charge >= 0.3 is 0 Å². The molecule has 7 rings (SSSR count). The molecule has 0 saturated heterocycles. The van der Waals surface area contributed by atoms with Gasteiger partial charge in [0.2, 0.25) is 0 Å². The van der Waals surface area contributed by atoms with Crippen LogP contribution in [0.4, 0.5) is 0 Å². The van der Waals surface area contributed by atoms with E-state index in [0.29, 0.717) is 0 Å². The second-order valence-corrected chi connectivity index (χ2v) is 8.65. The van der Waals surface area contributed by atoms with Gasteiger partial charge in [-0.05, 0) is 42.6 Å². The molecule has 0 fully saturated rings. The van der Waals surface area contributed by atoms with Crippen molar-refractivity contribution >= 4 is 59.6 Å². The molecule has 29 heavy (non-hydrogen) atoms. The maximum atomic E-state index is 4.75. The van der Waals surface area contributed by atoms with Crippen LogP contribution in [0.1, 0.15) is 5.56 Å². The normalized spacial score (nSPS) is 12.3. The third kappa shape index (κ3) is 1.91. The Balaban J connectivity index is 1.65. The Labute approximate surface area is 170 Å². The number of pyridine rings is 2. The Kier molecular flexibility index (Phi) is 2.82. The molecule has 0 atom stereocenters. The predicted octanol–water partition coefficient (Wildman–Crippen LogP) is 6.82. The smallest absolute Gasteiger partial charge is 0.109 e. The van der Waals surface area contributed by atoms with Gasteiger partial charge in [-0.3, -0.25) is 14.4 Å². The molecule has 0 N–H and O–H groups in total. The van der Waals surface area contributed by atoms with Crippen molar-refractivity contribution in [3.8, 4) is 10.6 Å². The van der Waals surface area contributed by atoms with Gasteiger partial charge in [0.05, 0.1) is 27.1 Å². The SMILES string of the molecule is Cc1ccc2c(c1)c1nccc3c4cc(-c5nccc6ccccc56)sc4n2c31. The van der Waals surface area contributed by atoms with Gasteiger partial charge in [-0.1, -0.05) is 35.9 Å². The number of aryl methyl sites for hydroxylation is 1. The minimum absolute atomic E-state index is 1.06. The topological polar surface area (TPSA) is 30.2 Å². The largest absolute Gasteiger partial charge is 0.298 e. The number of thiophene rings is 1. The van der Waals surface area contributed by atoms with E-state index in [2.05, 4.69) is 72.0 Å². The van der Waals surface area contributed by atoms with Crippen LogP contribution >= 0.6 is 11.3 Å². The molecule has 0 radical (unpaired) electrons. The fourth-order valence-corrected chi connectivity index (χ4v) is 5.84. The van der Waals surface area contributed by atoms with E-state index >= 15 is 0 Å². The average Bonchev–Trinajstić information content (AvgIpc) is 3.40. The van der Waals surface area contributed by atoms with Gasteiger partial charge in [-0.25, -0.2) is 0 Å². The molecule has 0 amide bonds. The predicted molar refractivity (Wildman–Crippen MR) is 122 cm³/mol. The summed E-state index contributed by atoms with van der Waals surface area (Å²) in [6.07, 6.45) is 3.85. The zero-order valence-corrected chi connectivity index (χ0v) is 16.5. The van der Waals surface area contributed by atoms with Crippen LogP contribution in [0.15, 0.2) is 73.1 Å². The van der Waals surface area contributed by atoms with Crippen LogP contribution in [0, 0.1) is 6.92 Å². The van der Waals surface area contributed by atoms with E-state index in [4.69, 9.17) is 9.97 Å². The Bertz CT molecular complexity index is 1720. The summed E-state index contributed by atoms with van der Waals surface area (Å²) < 4.78 is 2.39. The lowest BCUT2D eigenvalue weighted by atomic mass is 10.1. The van der Waals surface area contributed by atoms with Gasteiger partial charge in [-0.15, -0.1) is 11.3 Å². The van der Waals surface area contributed by atoms with Crippen LogP contribution in [0.3, 0.4) is 0 Å². The quantitative estimate of drug-likeness (QED) is 0.308. The number of benzene rings is 2. The number of hydrogen-bond donors (Lipinski definition) is 0. The first-order chi connectivity index (χ1) is 14.3. The Morgan fingerprint density at radius 3 is 2.66 bits per heavy atom. The fraction of sp³-hybridized carbons (Fsp3) is 0.0400. The van der Waals surface area contributed by atoms with Crippen LogP contribution in [0.25, 0.3) is 58.9 Å². The maximum Gasteiger partial charge on any atom is 0.109 e. The molecular formula is C25H15N3S. The Hall–Kier alpha value is -3.50. The van der Waals surface area contributed by atoms with E-state index in [1.54, 1.807) is 0 Å². The van der Waals surface area contributed by atoms with Crippen molar-refractivity contribution in [1.29, 1.82) is 0 Å². The highest BCUT2D eigenvalue weighted by molar-refractivity contribution is 7.22. The molecule has 7 aromatic rings. The van der Waals surface area contributed by atoms with E-state index < -0.39 is 0 Å². The summed E-state index contributed by atoms with van der Waals surface area (Å²) in [5, 5.41) is 6.19. The molecule has 0 aliphatic heterocycles. The monoisotopic (exact) mass is 389 g/mol. The summed E-state index contributed by atoms with van der Waals surface area (Å²) in [6, 6.07) is 21.6. The average molecular weight is 389 g/mol. The summed E-state index contributed by atoms with van der Waals surface area (Å²) in [7, 11) is 0. The molecule has 136 valence electrons. The van der Waals surface area contributed by atoms with E-state index in [1.807, 2.05) is 23.7 Å². The van der Waals surface area contributed by atoms with Crippen molar-refractivity contribution in [2.75, 3.05) is 0 Å². The van der Waals surface area contributed by atoms with Crippen LogP contribution in [-0.2, 0) is 0 Å². The molecular weight excluding hydrogens is 374 g/mol. The maximum absolute atomic E-state index is 4.75. The van der Waals surface area contributed by atoms with E-state index in [9.17, 15) is 0 Å². The lowest BCUT2D eigenvalue weighted by Crippen LogP contribution is -1.82. The zero-order valence-electron chi connectivity index (χ0n) is 15.7. The van der Waals surface area contributed by atoms with Crippen LogP contribution in [0.2, 0.25) is 0 Å². The first kappa shape index (κ1) is 15.4.